The van der Waals surface area contributed by atoms with E-state index >= 15 is 0 Å². The van der Waals surface area contributed by atoms with Gasteiger partial charge in [-0.05, 0) is 41.1 Å². The molecule has 1 amide bonds. The Morgan fingerprint density at radius 3 is 2.95 bits per heavy atom. The van der Waals surface area contributed by atoms with Gasteiger partial charge in [0.15, 0.2) is 0 Å². The highest BCUT2D eigenvalue weighted by Gasteiger charge is 2.13. The van der Waals surface area contributed by atoms with Gasteiger partial charge in [0, 0.05) is 34.6 Å². The number of hydrogen-bond donors (Lipinski definition) is 3. The molecule has 0 aliphatic rings. The molecule has 0 unspecified atom stereocenters. The highest BCUT2D eigenvalue weighted by Crippen LogP contribution is 2.21. The second-order valence-corrected chi connectivity index (χ2v) is 5.96. The Hall–Kier alpha value is -2.44. The predicted octanol–water partition coefficient (Wildman–Crippen LogP) is 2.62. The van der Waals surface area contributed by atoms with Crippen LogP contribution in [0, 0.1) is 0 Å². The number of rotatable bonds is 4. The minimum atomic E-state index is -0.302. The van der Waals surface area contributed by atoms with Crippen molar-refractivity contribution in [1.82, 2.24) is 4.98 Å². The summed E-state index contributed by atoms with van der Waals surface area (Å²) in [6, 6.07) is 10.5. The van der Waals surface area contributed by atoms with Crippen LogP contribution in [0.2, 0.25) is 0 Å². The first-order chi connectivity index (χ1) is 10.6. The van der Waals surface area contributed by atoms with Crippen molar-refractivity contribution in [1.29, 1.82) is 0 Å². The Bertz CT molecular complexity index is 855. The van der Waals surface area contributed by atoms with E-state index in [0.717, 1.165) is 10.3 Å². The fraction of sp³-hybridized carbons (Fsp3) is 0.125. The molecule has 2 aromatic heterocycles. The van der Waals surface area contributed by atoms with Gasteiger partial charge >= 0.3 is 0 Å². The Kier molecular flexibility index (Phi) is 4.04. The molecule has 0 saturated heterocycles. The summed E-state index contributed by atoms with van der Waals surface area (Å²) in [6.07, 6.45) is 1.80. The van der Waals surface area contributed by atoms with Crippen LogP contribution in [0.25, 0.3) is 10.8 Å². The van der Waals surface area contributed by atoms with E-state index in [4.69, 9.17) is 5.73 Å². The molecule has 4 N–H and O–H groups in total. The third-order valence-electron chi connectivity index (χ3n) is 3.37. The van der Waals surface area contributed by atoms with Crippen LogP contribution >= 0.6 is 11.3 Å². The standard InChI is InChI=1S/C16H15N3O2S/c17-13(14-2-1-7-22-14)9-15(20)19-11-3-4-12-10(8-11)5-6-18-16(12)21/h1-8,13H,9,17H2,(H,18,21)(H,19,20)/t13-/m0/s1. The fourth-order valence-electron chi connectivity index (χ4n) is 2.28. The average Bonchev–Trinajstić information content (AvgIpc) is 3.01. The number of amides is 1. The quantitative estimate of drug-likeness (QED) is 0.692. The number of pyridine rings is 1. The summed E-state index contributed by atoms with van der Waals surface area (Å²) < 4.78 is 0. The Morgan fingerprint density at radius 2 is 2.18 bits per heavy atom. The molecule has 0 spiro atoms. The first-order valence-corrected chi connectivity index (χ1v) is 7.72. The summed E-state index contributed by atoms with van der Waals surface area (Å²) in [5.74, 6) is -0.148. The second kappa shape index (κ2) is 6.13. The molecule has 0 fully saturated rings. The molecule has 112 valence electrons. The summed E-state index contributed by atoms with van der Waals surface area (Å²) in [5.41, 5.74) is 6.52. The summed E-state index contributed by atoms with van der Waals surface area (Å²) in [6.45, 7) is 0. The van der Waals surface area contributed by atoms with Gasteiger partial charge in [-0.25, -0.2) is 0 Å². The molecular formula is C16H15N3O2S. The van der Waals surface area contributed by atoms with E-state index in [1.165, 1.54) is 11.3 Å². The smallest absolute Gasteiger partial charge is 0.255 e. The second-order valence-electron chi connectivity index (χ2n) is 4.98. The van der Waals surface area contributed by atoms with Gasteiger partial charge in [-0.2, -0.15) is 0 Å². The maximum Gasteiger partial charge on any atom is 0.255 e. The van der Waals surface area contributed by atoms with E-state index in [1.807, 2.05) is 17.5 Å². The molecule has 0 radical (unpaired) electrons. The Labute approximate surface area is 130 Å². The Balaban J connectivity index is 1.73. The van der Waals surface area contributed by atoms with E-state index in [-0.39, 0.29) is 23.9 Å². The lowest BCUT2D eigenvalue weighted by Gasteiger charge is -2.10. The van der Waals surface area contributed by atoms with E-state index in [1.54, 1.807) is 30.5 Å². The van der Waals surface area contributed by atoms with Gasteiger partial charge in [0.05, 0.1) is 0 Å². The molecule has 0 bridgehead atoms. The first-order valence-electron chi connectivity index (χ1n) is 6.84. The number of thiophene rings is 1. The van der Waals surface area contributed by atoms with Crippen LogP contribution in [0.15, 0.2) is 52.8 Å². The minimum absolute atomic E-state index is 0.143. The SMILES string of the molecule is N[C@@H](CC(=O)Nc1ccc2c(=O)[nH]ccc2c1)c1cccs1. The van der Waals surface area contributed by atoms with Crippen molar-refractivity contribution in [2.24, 2.45) is 5.73 Å². The van der Waals surface area contributed by atoms with Gasteiger partial charge in [0.1, 0.15) is 0 Å². The average molecular weight is 313 g/mol. The first kappa shape index (κ1) is 14.5. The maximum absolute atomic E-state index is 12.1. The van der Waals surface area contributed by atoms with Gasteiger partial charge in [-0.1, -0.05) is 6.07 Å². The monoisotopic (exact) mass is 313 g/mol. The number of H-pyrrole nitrogens is 1. The predicted molar refractivity (Wildman–Crippen MR) is 89.1 cm³/mol. The normalized spacial score (nSPS) is 12.2. The number of anilines is 1. The lowest BCUT2D eigenvalue weighted by molar-refractivity contribution is -0.116. The van der Waals surface area contributed by atoms with Crippen molar-refractivity contribution >= 4 is 33.7 Å². The highest BCUT2D eigenvalue weighted by molar-refractivity contribution is 7.10. The molecular weight excluding hydrogens is 298 g/mol. The van der Waals surface area contributed by atoms with E-state index in [9.17, 15) is 9.59 Å². The molecule has 2 heterocycles. The summed E-state index contributed by atoms with van der Waals surface area (Å²) in [5, 5.41) is 6.13. The third-order valence-corrected chi connectivity index (χ3v) is 4.38. The summed E-state index contributed by atoms with van der Waals surface area (Å²) in [7, 11) is 0. The summed E-state index contributed by atoms with van der Waals surface area (Å²) in [4.78, 5) is 27.3. The molecule has 0 aliphatic heterocycles. The van der Waals surface area contributed by atoms with Gasteiger partial charge in [-0.15, -0.1) is 11.3 Å². The lowest BCUT2D eigenvalue weighted by atomic mass is 10.1. The molecule has 1 aromatic carbocycles. The number of aromatic amines is 1. The fourth-order valence-corrected chi connectivity index (χ4v) is 3.01. The number of benzene rings is 1. The zero-order valence-electron chi connectivity index (χ0n) is 11.7. The van der Waals surface area contributed by atoms with Crippen molar-refractivity contribution in [3.05, 3.63) is 63.2 Å². The van der Waals surface area contributed by atoms with Crippen molar-refractivity contribution in [2.75, 3.05) is 5.32 Å². The Morgan fingerprint density at radius 1 is 1.32 bits per heavy atom. The molecule has 3 rings (SSSR count). The molecule has 22 heavy (non-hydrogen) atoms. The molecule has 6 heteroatoms. The van der Waals surface area contributed by atoms with Gasteiger partial charge in [0.25, 0.3) is 5.56 Å². The topological polar surface area (TPSA) is 88.0 Å². The van der Waals surface area contributed by atoms with Gasteiger partial charge in [0.2, 0.25) is 5.91 Å². The van der Waals surface area contributed by atoms with Crippen molar-refractivity contribution in [3.63, 3.8) is 0 Å². The molecule has 3 aromatic rings. The van der Waals surface area contributed by atoms with Crippen LogP contribution in [0.1, 0.15) is 17.3 Å². The lowest BCUT2D eigenvalue weighted by Crippen LogP contribution is -2.20. The largest absolute Gasteiger partial charge is 0.329 e. The molecule has 1 atom stereocenters. The number of carbonyl (C=O) groups excluding carboxylic acids is 1. The molecule has 0 saturated carbocycles. The van der Waals surface area contributed by atoms with E-state index in [2.05, 4.69) is 10.3 Å². The highest BCUT2D eigenvalue weighted by atomic mass is 32.1. The van der Waals surface area contributed by atoms with Crippen molar-refractivity contribution in [3.8, 4) is 0 Å². The van der Waals surface area contributed by atoms with Crippen LogP contribution < -0.4 is 16.6 Å². The maximum atomic E-state index is 12.1. The van der Waals surface area contributed by atoms with Crippen LogP contribution in [0.3, 0.4) is 0 Å². The third kappa shape index (κ3) is 3.08. The van der Waals surface area contributed by atoms with Crippen LogP contribution in [0.5, 0.6) is 0 Å². The van der Waals surface area contributed by atoms with Crippen LogP contribution in [-0.2, 0) is 4.79 Å². The van der Waals surface area contributed by atoms with Gasteiger partial charge in [-0.3, -0.25) is 9.59 Å². The van der Waals surface area contributed by atoms with Crippen LogP contribution in [0.4, 0.5) is 5.69 Å². The van der Waals surface area contributed by atoms with Crippen LogP contribution in [-0.4, -0.2) is 10.9 Å². The van der Waals surface area contributed by atoms with E-state index < -0.39 is 0 Å². The van der Waals surface area contributed by atoms with Crippen molar-refractivity contribution in [2.45, 2.75) is 12.5 Å². The number of hydrogen-bond acceptors (Lipinski definition) is 4. The number of fused-ring (bicyclic) bond motifs is 1. The number of carbonyl (C=O) groups is 1. The summed E-state index contributed by atoms with van der Waals surface area (Å²) >= 11 is 1.54. The van der Waals surface area contributed by atoms with E-state index in [0.29, 0.717) is 11.1 Å². The van der Waals surface area contributed by atoms with Crippen molar-refractivity contribution < 1.29 is 4.79 Å². The minimum Gasteiger partial charge on any atom is -0.329 e. The zero-order chi connectivity index (χ0) is 15.5. The number of aromatic nitrogens is 1. The van der Waals surface area contributed by atoms with Gasteiger partial charge < -0.3 is 16.0 Å². The number of nitrogens with two attached hydrogens (primary N) is 1. The number of nitrogens with one attached hydrogen (secondary N) is 2. The zero-order valence-corrected chi connectivity index (χ0v) is 12.5. The molecule has 0 aliphatic carbocycles. The molecule has 5 nitrogen and oxygen atoms in total.